The largest absolute Gasteiger partial charge is 0.353 e. The average molecular weight is 262 g/mol. The molecule has 4 nitrogen and oxygen atoms in total. The van der Waals surface area contributed by atoms with Crippen LogP contribution in [0, 0.1) is 0 Å². The molecule has 2 aromatic rings. The monoisotopic (exact) mass is 262 g/mol. The molecule has 18 heavy (non-hydrogen) atoms. The molecule has 0 spiro atoms. The first-order valence-electron chi connectivity index (χ1n) is 6.49. The molecule has 1 aliphatic rings. The molecule has 0 aromatic carbocycles. The van der Waals surface area contributed by atoms with E-state index in [2.05, 4.69) is 40.1 Å². The highest BCUT2D eigenvalue weighted by Crippen LogP contribution is 2.30. The summed E-state index contributed by atoms with van der Waals surface area (Å²) in [6.45, 7) is 7.47. The number of aromatic nitrogens is 2. The Bertz CT molecular complexity index is 551. The van der Waals surface area contributed by atoms with E-state index < -0.39 is 0 Å². The number of rotatable bonds is 2. The van der Waals surface area contributed by atoms with Crippen molar-refractivity contribution in [2.45, 2.75) is 26.3 Å². The Balaban J connectivity index is 2.02. The average Bonchev–Trinajstić information content (AvgIpc) is 2.81. The van der Waals surface area contributed by atoms with Crippen molar-refractivity contribution in [3.63, 3.8) is 0 Å². The van der Waals surface area contributed by atoms with Gasteiger partial charge in [-0.2, -0.15) is 0 Å². The summed E-state index contributed by atoms with van der Waals surface area (Å²) in [6.07, 6.45) is 2.76. The zero-order valence-corrected chi connectivity index (χ0v) is 11.6. The minimum atomic E-state index is 0.521. The molecular weight excluding hydrogens is 244 g/mol. The number of fused-ring (bicyclic) bond motifs is 1. The summed E-state index contributed by atoms with van der Waals surface area (Å²) in [7, 11) is 0. The summed E-state index contributed by atoms with van der Waals surface area (Å²) in [5.41, 5.74) is 0. The molecule has 1 N–H and O–H groups in total. The van der Waals surface area contributed by atoms with Crippen molar-refractivity contribution in [3.8, 4) is 0 Å². The lowest BCUT2D eigenvalue weighted by Crippen LogP contribution is -2.49. The number of aryl methyl sites for hydroxylation is 1. The Morgan fingerprint density at radius 1 is 1.50 bits per heavy atom. The van der Waals surface area contributed by atoms with Gasteiger partial charge in [0.2, 0.25) is 0 Å². The summed E-state index contributed by atoms with van der Waals surface area (Å²) >= 11 is 1.78. The molecule has 3 rings (SSSR count). The Hall–Kier alpha value is -1.20. The van der Waals surface area contributed by atoms with Crippen molar-refractivity contribution in [1.82, 2.24) is 15.3 Å². The number of nitrogens with one attached hydrogen (secondary N) is 1. The van der Waals surface area contributed by atoms with Crippen LogP contribution in [0.15, 0.2) is 12.4 Å². The van der Waals surface area contributed by atoms with Crippen LogP contribution in [0.25, 0.3) is 10.2 Å². The molecule has 1 saturated heterocycles. The van der Waals surface area contributed by atoms with Gasteiger partial charge in [-0.15, -0.1) is 11.3 Å². The molecule has 0 unspecified atom stereocenters. The van der Waals surface area contributed by atoms with Crippen LogP contribution in [-0.2, 0) is 6.42 Å². The van der Waals surface area contributed by atoms with Crippen molar-refractivity contribution in [2.24, 2.45) is 0 Å². The number of hydrogen-bond acceptors (Lipinski definition) is 5. The van der Waals surface area contributed by atoms with E-state index in [0.29, 0.717) is 6.04 Å². The molecule has 0 aliphatic carbocycles. The smallest absolute Gasteiger partial charge is 0.140 e. The van der Waals surface area contributed by atoms with Gasteiger partial charge < -0.3 is 10.2 Å². The first-order chi connectivity index (χ1) is 8.78. The SMILES string of the molecule is CCc1cc2c(N3CCN[C@H](C)C3)ncnc2s1. The Morgan fingerprint density at radius 2 is 2.39 bits per heavy atom. The summed E-state index contributed by atoms with van der Waals surface area (Å²) in [4.78, 5) is 13.8. The standard InChI is InChI=1S/C13H18N4S/c1-3-10-6-11-12(15-8-16-13(11)18-10)17-5-4-14-9(2)7-17/h6,8-9,14H,3-5,7H2,1-2H3/t9-/m1/s1. The van der Waals surface area contributed by atoms with Crippen LogP contribution in [0.4, 0.5) is 5.82 Å². The number of hydrogen-bond donors (Lipinski definition) is 1. The maximum atomic E-state index is 4.51. The lowest BCUT2D eigenvalue weighted by molar-refractivity contribution is 0.483. The molecule has 0 bridgehead atoms. The minimum Gasteiger partial charge on any atom is -0.353 e. The third-order valence-electron chi connectivity index (χ3n) is 3.38. The van der Waals surface area contributed by atoms with Crippen molar-refractivity contribution in [3.05, 3.63) is 17.3 Å². The van der Waals surface area contributed by atoms with E-state index in [1.165, 1.54) is 10.3 Å². The van der Waals surface area contributed by atoms with Gasteiger partial charge in [0.05, 0.1) is 5.39 Å². The van der Waals surface area contributed by atoms with E-state index in [1.54, 1.807) is 17.7 Å². The zero-order chi connectivity index (χ0) is 12.5. The highest BCUT2D eigenvalue weighted by atomic mass is 32.1. The molecule has 3 heterocycles. The van der Waals surface area contributed by atoms with Gasteiger partial charge in [0.15, 0.2) is 0 Å². The van der Waals surface area contributed by atoms with Crippen LogP contribution in [0.2, 0.25) is 0 Å². The molecule has 1 fully saturated rings. The first kappa shape index (κ1) is 11.9. The van der Waals surface area contributed by atoms with Crippen LogP contribution in [0.3, 0.4) is 0 Å². The number of nitrogens with zero attached hydrogens (tertiary/aromatic N) is 3. The first-order valence-corrected chi connectivity index (χ1v) is 7.31. The molecular formula is C13H18N4S. The van der Waals surface area contributed by atoms with Gasteiger partial charge >= 0.3 is 0 Å². The number of anilines is 1. The van der Waals surface area contributed by atoms with Crippen LogP contribution in [0.5, 0.6) is 0 Å². The summed E-state index contributed by atoms with van der Waals surface area (Å²) in [5, 5.41) is 4.68. The third kappa shape index (κ3) is 2.08. The Labute approximate surface area is 111 Å². The fraction of sp³-hybridized carbons (Fsp3) is 0.538. The minimum absolute atomic E-state index is 0.521. The van der Waals surface area contributed by atoms with E-state index in [9.17, 15) is 0 Å². The van der Waals surface area contributed by atoms with Gasteiger partial charge in [0.1, 0.15) is 17.0 Å². The third-order valence-corrected chi connectivity index (χ3v) is 4.56. The van der Waals surface area contributed by atoms with Crippen molar-refractivity contribution >= 4 is 27.4 Å². The van der Waals surface area contributed by atoms with E-state index in [-0.39, 0.29) is 0 Å². The quantitative estimate of drug-likeness (QED) is 0.899. The predicted molar refractivity (Wildman–Crippen MR) is 76.5 cm³/mol. The topological polar surface area (TPSA) is 41.0 Å². The molecule has 5 heteroatoms. The van der Waals surface area contributed by atoms with Crippen molar-refractivity contribution in [2.75, 3.05) is 24.5 Å². The van der Waals surface area contributed by atoms with Crippen LogP contribution in [0.1, 0.15) is 18.7 Å². The molecule has 0 amide bonds. The molecule has 2 aromatic heterocycles. The summed E-state index contributed by atoms with van der Waals surface area (Å²) in [5.74, 6) is 1.10. The fourth-order valence-corrected chi connectivity index (χ4v) is 3.37. The Morgan fingerprint density at radius 3 is 3.17 bits per heavy atom. The second-order valence-corrected chi connectivity index (χ2v) is 5.90. The maximum Gasteiger partial charge on any atom is 0.140 e. The van der Waals surface area contributed by atoms with E-state index in [0.717, 1.165) is 36.7 Å². The summed E-state index contributed by atoms with van der Waals surface area (Å²) < 4.78 is 0. The van der Waals surface area contributed by atoms with Crippen LogP contribution in [-0.4, -0.2) is 35.6 Å². The summed E-state index contributed by atoms with van der Waals surface area (Å²) in [6, 6.07) is 2.77. The van der Waals surface area contributed by atoms with E-state index in [4.69, 9.17) is 0 Å². The molecule has 0 saturated carbocycles. The van der Waals surface area contributed by atoms with Gasteiger partial charge in [-0.3, -0.25) is 0 Å². The Kier molecular flexibility index (Phi) is 3.18. The predicted octanol–water partition coefficient (Wildman–Crippen LogP) is 2.05. The lowest BCUT2D eigenvalue weighted by atomic mass is 10.2. The van der Waals surface area contributed by atoms with Crippen LogP contribution >= 0.6 is 11.3 Å². The fourth-order valence-electron chi connectivity index (χ4n) is 2.44. The molecule has 0 radical (unpaired) electrons. The van der Waals surface area contributed by atoms with Gasteiger partial charge in [-0.25, -0.2) is 9.97 Å². The van der Waals surface area contributed by atoms with E-state index >= 15 is 0 Å². The van der Waals surface area contributed by atoms with Gasteiger partial charge in [-0.05, 0) is 19.4 Å². The number of thiophene rings is 1. The van der Waals surface area contributed by atoms with Gasteiger partial charge in [0, 0.05) is 30.6 Å². The lowest BCUT2D eigenvalue weighted by Gasteiger charge is -2.32. The van der Waals surface area contributed by atoms with Gasteiger partial charge in [0.25, 0.3) is 0 Å². The van der Waals surface area contributed by atoms with Crippen molar-refractivity contribution < 1.29 is 0 Å². The number of piperazine rings is 1. The second kappa shape index (κ2) is 4.82. The normalized spacial score (nSPS) is 20.6. The van der Waals surface area contributed by atoms with Crippen LogP contribution < -0.4 is 10.2 Å². The van der Waals surface area contributed by atoms with E-state index in [1.807, 2.05) is 0 Å². The molecule has 1 atom stereocenters. The second-order valence-electron chi connectivity index (χ2n) is 4.78. The molecule has 96 valence electrons. The van der Waals surface area contributed by atoms with Crippen molar-refractivity contribution in [1.29, 1.82) is 0 Å². The van der Waals surface area contributed by atoms with Gasteiger partial charge in [-0.1, -0.05) is 6.92 Å². The maximum absolute atomic E-state index is 4.51. The highest BCUT2D eigenvalue weighted by Gasteiger charge is 2.19. The molecule has 1 aliphatic heterocycles. The highest BCUT2D eigenvalue weighted by molar-refractivity contribution is 7.18. The zero-order valence-electron chi connectivity index (χ0n) is 10.8.